The largest absolute Gasteiger partial charge is 0.317 e. The zero-order chi connectivity index (χ0) is 23.0. The first-order valence-corrected chi connectivity index (χ1v) is 11.7. The van der Waals surface area contributed by atoms with Crippen LogP contribution in [0.15, 0.2) is 52.4 Å². The zero-order valence-electron chi connectivity index (χ0n) is 19.5. The number of thioether (sulfide) groups is 1. The second-order valence-corrected chi connectivity index (χ2v) is 9.40. The number of para-hydroxylation sites is 1. The summed E-state index contributed by atoms with van der Waals surface area (Å²) in [6.45, 7) is 12.7. The Morgan fingerprint density at radius 1 is 1.03 bits per heavy atom. The van der Waals surface area contributed by atoms with Crippen LogP contribution in [0.25, 0.3) is 11.8 Å². The molecule has 1 aromatic heterocycles. The van der Waals surface area contributed by atoms with Gasteiger partial charge in [0, 0.05) is 11.4 Å². The molecule has 3 aromatic rings. The summed E-state index contributed by atoms with van der Waals surface area (Å²) >= 11 is 1.39. The van der Waals surface area contributed by atoms with Crippen LogP contribution in [-0.4, -0.2) is 15.6 Å². The first kappa shape index (κ1) is 22.2. The topological polar surface area (TPSA) is 46.4 Å². The molecule has 1 saturated heterocycles. The van der Waals surface area contributed by atoms with Crippen LogP contribution >= 0.6 is 11.8 Å². The Hall–Kier alpha value is -3.05. The van der Waals surface area contributed by atoms with Gasteiger partial charge in [0.15, 0.2) is 5.17 Å². The van der Waals surface area contributed by atoms with Crippen LogP contribution in [0.5, 0.6) is 0 Å². The molecule has 4 nitrogen and oxygen atoms in total. The molecule has 1 N–H and O–H groups in total. The smallest absolute Gasteiger partial charge is 0.264 e. The maximum atomic E-state index is 12.7. The highest BCUT2D eigenvalue weighted by Gasteiger charge is 2.25. The Balaban J connectivity index is 1.69. The number of aliphatic imine (C=N–C) groups is 1. The number of carbonyl (C=O) groups is 1. The Morgan fingerprint density at radius 3 is 2.53 bits per heavy atom. The Kier molecular flexibility index (Phi) is 6.11. The molecule has 1 aliphatic rings. The predicted molar refractivity (Wildman–Crippen MR) is 136 cm³/mol. The highest BCUT2D eigenvalue weighted by atomic mass is 32.2. The summed E-state index contributed by atoms with van der Waals surface area (Å²) in [7, 11) is 0. The van der Waals surface area contributed by atoms with Crippen LogP contribution in [0, 0.1) is 34.6 Å². The second kappa shape index (κ2) is 8.83. The first-order valence-electron chi connectivity index (χ1n) is 10.9. The lowest BCUT2D eigenvalue weighted by atomic mass is 10.1. The van der Waals surface area contributed by atoms with Gasteiger partial charge in [-0.2, -0.15) is 0 Å². The van der Waals surface area contributed by atoms with Crippen molar-refractivity contribution in [3.05, 3.63) is 86.6 Å². The van der Waals surface area contributed by atoms with E-state index >= 15 is 0 Å². The third kappa shape index (κ3) is 4.17. The SMILES string of the molecule is CCc1cccc(C)c1-n1c(C)cc(/C=C2\SC(=Nc3ccc(C)cc3C)NC2=O)c1C. The minimum absolute atomic E-state index is 0.103. The molecule has 0 saturated carbocycles. The molecule has 0 radical (unpaired) electrons. The molecule has 5 heteroatoms. The van der Waals surface area contributed by atoms with E-state index in [-0.39, 0.29) is 5.91 Å². The van der Waals surface area contributed by atoms with Crippen molar-refractivity contribution in [3.63, 3.8) is 0 Å². The van der Waals surface area contributed by atoms with E-state index in [1.807, 2.05) is 25.1 Å². The fraction of sp³-hybridized carbons (Fsp3) is 0.259. The Bertz CT molecular complexity index is 1280. The van der Waals surface area contributed by atoms with Gasteiger partial charge in [-0.05, 0) is 93.3 Å². The van der Waals surface area contributed by atoms with E-state index in [4.69, 9.17) is 0 Å². The zero-order valence-corrected chi connectivity index (χ0v) is 20.4. The molecule has 1 aliphatic heterocycles. The maximum absolute atomic E-state index is 12.7. The highest BCUT2D eigenvalue weighted by molar-refractivity contribution is 8.18. The summed E-state index contributed by atoms with van der Waals surface area (Å²) in [6.07, 6.45) is 2.95. The number of aromatic nitrogens is 1. The van der Waals surface area contributed by atoms with Gasteiger partial charge in [-0.25, -0.2) is 4.99 Å². The van der Waals surface area contributed by atoms with Crippen LogP contribution in [-0.2, 0) is 11.2 Å². The van der Waals surface area contributed by atoms with E-state index in [1.54, 1.807) is 0 Å². The fourth-order valence-electron chi connectivity index (χ4n) is 4.26. The van der Waals surface area contributed by atoms with Crippen LogP contribution < -0.4 is 5.32 Å². The lowest BCUT2D eigenvalue weighted by Gasteiger charge is -2.17. The van der Waals surface area contributed by atoms with Gasteiger partial charge in [-0.1, -0.05) is 42.8 Å². The number of nitrogens with zero attached hydrogens (tertiary/aromatic N) is 2. The van der Waals surface area contributed by atoms with Crippen LogP contribution in [0.1, 0.15) is 46.1 Å². The molecule has 0 bridgehead atoms. The lowest BCUT2D eigenvalue weighted by molar-refractivity contribution is -0.115. The average molecular weight is 444 g/mol. The summed E-state index contributed by atoms with van der Waals surface area (Å²) in [5.74, 6) is -0.103. The van der Waals surface area contributed by atoms with Crippen molar-refractivity contribution in [1.82, 2.24) is 9.88 Å². The molecule has 0 atom stereocenters. The monoisotopic (exact) mass is 443 g/mol. The van der Waals surface area contributed by atoms with E-state index < -0.39 is 0 Å². The number of carbonyl (C=O) groups excluding carboxylic acids is 1. The molecule has 1 fully saturated rings. The highest BCUT2D eigenvalue weighted by Crippen LogP contribution is 2.32. The van der Waals surface area contributed by atoms with Gasteiger partial charge in [0.1, 0.15) is 0 Å². The number of hydrogen-bond donors (Lipinski definition) is 1. The van der Waals surface area contributed by atoms with Gasteiger partial charge in [-0.3, -0.25) is 4.79 Å². The molecule has 0 spiro atoms. The Morgan fingerprint density at radius 2 is 1.81 bits per heavy atom. The molecule has 164 valence electrons. The van der Waals surface area contributed by atoms with E-state index in [9.17, 15) is 4.79 Å². The number of hydrogen-bond acceptors (Lipinski definition) is 3. The first-order chi connectivity index (χ1) is 15.3. The summed E-state index contributed by atoms with van der Waals surface area (Å²) < 4.78 is 2.31. The summed E-state index contributed by atoms with van der Waals surface area (Å²) in [5.41, 5.74) is 10.3. The van der Waals surface area contributed by atoms with Crippen molar-refractivity contribution in [1.29, 1.82) is 0 Å². The summed E-state index contributed by atoms with van der Waals surface area (Å²) in [4.78, 5) is 18.0. The summed E-state index contributed by atoms with van der Waals surface area (Å²) in [6, 6.07) is 14.7. The average Bonchev–Trinajstić information content (AvgIpc) is 3.22. The van der Waals surface area contributed by atoms with E-state index in [1.165, 1.54) is 34.1 Å². The Labute approximate surface area is 194 Å². The molecule has 32 heavy (non-hydrogen) atoms. The normalized spacial score (nSPS) is 16.2. The molecular formula is C27H29N3OS. The third-order valence-electron chi connectivity index (χ3n) is 5.91. The van der Waals surface area contributed by atoms with E-state index in [0.717, 1.165) is 34.6 Å². The molecule has 0 aliphatic carbocycles. The van der Waals surface area contributed by atoms with Crippen molar-refractivity contribution in [2.75, 3.05) is 0 Å². The number of rotatable bonds is 4. The molecule has 2 heterocycles. The van der Waals surface area contributed by atoms with Crippen LogP contribution in [0.4, 0.5) is 5.69 Å². The third-order valence-corrected chi connectivity index (χ3v) is 6.82. The summed E-state index contributed by atoms with van der Waals surface area (Å²) in [5, 5.41) is 3.53. The van der Waals surface area contributed by atoms with Crippen molar-refractivity contribution in [2.24, 2.45) is 4.99 Å². The van der Waals surface area contributed by atoms with Crippen molar-refractivity contribution >= 4 is 34.6 Å². The van der Waals surface area contributed by atoms with E-state index in [0.29, 0.717) is 10.1 Å². The van der Waals surface area contributed by atoms with Gasteiger partial charge >= 0.3 is 0 Å². The van der Waals surface area contributed by atoms with Crippen LogP contribution in [0.3, 0.4) is 0 Å². The van der Waals surface area contributed by atoms with E-state index in [2.05, 4.69) is 79.8 Å². The minimum atomic E-state index is -0.103. The number of amides is 1. The fourth-order valence-corrected chi connectivity index (χ4v) is 5.09. The number of benzene rings is 2. The molecular weight excluding hydrogens is 414 g/mol. The number of nitrogens with one attached hydrogen (secondary N) is 1. The van der Waals surface area contributed by atoms with Gasteiger partial charge in [0.2, 0.25) is 0 Å². The van der Waals surface area contributed by atoms with Crippen LogP contribution in [0.2, 0.25) is 0 Å². The van der Waals surface area contributed by atoms with Crippen molar-refractivity contribution in [3.8, 4) is 5.69 Å². The molecule has 0 unspecified atom stereocenters. The van der Waals surface area contributed by atoms with Gasteiger partial charge in [0.05, 0.1) is 16.3 Å². The number of amidine groups is 1. The van der Waals surface area contributed by atoms with Crippen molar-refractivity contribution < 1.29 is 4.79 Å². The molecule has 2 aromatic carbocycles. The van der Waals surface area contributed by atoms with Crippen molar-refractivity contribution in [2.45, 2.75) is 48.0 Å². The standard InChI is InChI=1S/C27H29N3OS/c1-7-21-10-8-9-17(3)25(21)30-19(5)14-22(20(30)6)15-24-26(31)29-27(32-24)28-23-12-11-16(2)13-18(23)4/h8-15H,7H2,1-6H3,(H,28,29,31)/b24-15-. The molecule has 1 amide bonds. The van der Waals surface area contributed by atoms with Gasteiger partial charge in [-0.15, -0.1) is 0 Å². The predicted octanol–water partition coefficient (Wildman–Crippen LogP) is 6.47. The van der Waals surface area contributed by atoms with Gasteiger partial charge in [0.25, 0.3) is 5.91 Å². The van der Waals surface area contributed by atoms with Gasteiger partial charge < -0.3 is 9.88 Å². The molecule has 4 rings (SSSR count). The quantitative estimate of drug-likeness (QED) is 0.470. The number of aryl methyl sites for hydroxylation is 5. The second-order valence-electron chi connectivity index (χ2n) is 8.37. The maximum Gasteiger partial charge on any atom is 0.264 e. The minimum Gasteiger partial charge on any atom is -0.317 e. The lowest BCUT2D eigenvalue weighted by Crippen LogP contribution is -2.19.